The van der Waals surface area contributed by atoms with E-state index in [4.69, 9.17) is 11.6 Å². The number of fused-ring (bicyclic) bond motifs is 1. The fraction of sp³-hybridized carbons (Fsp3) is 0. The van der Waals surface area contributed by atoms with Crippen molar-refractivity contribution < 1.29 is 4.39 Å². The fourth-order valence-corrected chi connectivity index (χ4v) is 2.28. The second-order valence-corrected chi connectivity index (χ2v) is 4.71. The van der Waals surface area contributed by atoms with Crippen molar-refractivity contribution in [3.05, 3.63) is 71.5 Å². The Labute approximate surface area is 115 Å². The number of nitrogens with one attached hydrogen (secondary N) is 1. The first-order valence-corrected chi connectivity index (χ1v) is 6.32. The highest BCUT2D eigenvalue weighted by molar-refractivity contribution is 6.30. The van der Waals surface area contributed by atoms with Crippen molar-refractivity contribution >= 4 is 33.7 Å². The average Bonchev–Trinajstić information content (AvgIpc) is 2.42. The molecule has 0 atom stereocenters. The Hall–Kier alpha value is -2.06. The van der Waals surface area contributed by atoms with Crippen LogP contribution in [0.25, 0.3) is 10.8 Å². The molecule has 0 spiro atoms. The lowest BCUT2D eigenvalue weighted by atomic mass is 10.1. The summed E-state index contributed by atoms with van der Waals surface area (Å²) in [6, 6.07) is 18.0. The van der Waals surface area contributed by atoms with E-state index in [9.17, 15) is 4.39 Å². The highest BCUT2D eigenvalue weighted by Crippen LogP contribution is 2.29. The van der Waals surface area contributed by atoms with Crippen LogP contribution in [0, 0.1) is 5.82 Å². The number of benzene rings is 3. The van der Waals surface area contributed by atoms with Gasteiger partial charge in [0.2, 0.25) is 0 Å². The molecule has 0 aliphatic rings. The minimum atomic E-state index is -0.216. The van der Waals surface area contributed by atoms with E-state index >= 15 is 0 Å². The zero-order valence-corrected chi connectivity index (χ0v) is 10.8. The Balaban J connectivity index is 2.09. The van der Waals surface area contributed by atoms with Crippen molar-refractivity contribution in [1.82, 2.24) is 0 Å². The predicted octanol–water partition coefficient (Wildman–Crippen LogP) is 5.38. The van der Waals surface area contributed by atoms with Gasteiger partial charge in [-0.2, -0.15) is 0 Å². The van der Waals surface area contributed by atoms with Gasteiger partial charge in [0.1, 0.15) is 5.82 Å². The first-order valence-electron chi connectivity index (χ1n) is 5.94. The number of hydrogen-bond acceptors (Lipinski definition) is 1. The summed E-state index contributed by atoms with van der Waals surface area (Å²) < 4.78 is 13.7. The molecule has 0 aromatic heterocycles. The van der Waals surface area contributed by atoms with Crippen LogP contribution in [0.4, 0.5) is 15.8 Å². The van der Waals surface area contributed by atoms with Gasteiger partial charge in [-0.1, -0.05) is 41.9 Å². The predicted molar refractivity (Wildman–Crippen MR) is 78.6 cm³/mol. The van der Waals surface area contributed by atoms with Crippen molar-refractivity contribution in [3.8, 4) is 0 Å². The second-order valence-electron chi connectivity index (χ2n) is 4.28. The minimum absolute atomic E-state index is 0.216. The molecule has 0 fully saturated rings. The molecule has 0 aliphatic heterocycles. The zero-order chi connectivity index (χ0) is 13.2. The molecule has 94 valence electrons. The summed E-state index contributed by atoms with van der Waals surface area (Å²) in [4.78, 5) is 0. The minimum Gasteiger partial charge on any atom is -0.355 e. The van der Waals surface area contributed by atoms with Crippen LogP contribution in [0.1, 0.15) is 0 Å². The lowest BCUT2D eigenvalue weighted by Gasteiger charge is -2.10. The van der Waals surface area contributed by atoms with E-state index in [1.165, 1.54) is 6.07 Å². The molecular weight excluding hydrogens is 261 g/mol. The van der Waals surface area contributed by atoms with E-state index in [0.717, 1.165) is 16.8 Å². The van der Waals surface area contributed by atoms with Crippen LogP contribution in [0.3, 0.4) is 0 Å². The smallest absolute Gasteiger partial charge is 0.131 e. The molecule has 3 aromatic carbocycles. The molecule has 0 saturated carbocycles. The summed E-state index contributed by atoms with van der Waals surface area (Å²) in [7, 11) is 0. The van der Waals surface area contributed by atoms with Gasteiger partial charge in [-0.05, 0) is 30.3 Å². The van der Waals surface area contributed by atoms with Gasteiger partial charge >= 0.3 is 0 Å². The molecule has 1 N–H and O–H groups in total. The van der Waals surface area contributed by atoms with Gasteiger partial charge in [-0.15, -0.1) is 0 Å². The maximum absolute atomic E-state index is 13.7. The number of halogens is 2. The monoisotopic (exact) mass is 271 g/mol. The lowest BCUT2D eigenvalue weighted by Crippen LogP contribution is -1.92. The van der Waals surface area contributed by atoms with Crippen LogP contribution in [0.2, 0.25) is 5.02 Å². The lowest BCUT2D eigenvalue weighted by molar-refractivity contribution is 0.640. The molecule has 3 heteroatoms. The first-order chi connectivity index (χ1) is 9.24. The molecule has 0 amide bonds. The van der Waals surface area contributed by atoms with E-state index < -0.39 is 0 Å². The largest absolute Gasteiger partial charge is 0.355 e. The van der Waals surface area contributed by atoms with E-state index in [2.05, 4.69) is 5.32 Å². The van der Waals surface area contributed by atoms with E-state index in [0.29, 0.717) is 10.4 Å². The van der Waals surface area contributed by atoms with Gasteiger partial charge in [-0.3, -0.25) is 0 Å². The summed E-state index contributed by atoms with van der Waals surface area (Å²) in [5.41, 5.74) is 1.74. The second kappa shape index (κ2) is 4.90. The normalized spacial score (nSPS) is 10.6. The summed E-state index contributed by atoms with van der Waals surface area (Å²) in [6.07, 6.45) is 0. The highest BCUT2D eigenvalue weighted by atomic mass is 35.5. The molecule has 0 heterocycles. The third kappa shape index (κ3) is 2.40. The molecule has 3 aromatic rings. The molecule has 0 unspecified atom stereocenters. The van der Waals surface area contributed by atoms with Crippen molar-refractivity contribution in [2.24, 2.45) is 0 Å². The van der Waals surface area contributed by atoms with Crippen LogP contribution in [0.5, 0.6) is 0 Å². The van der Waals surface area contributed by atoms with Gasteiger partial charge in [0, 0.05) is 27.2 Å². The zero-order valence-electron chi connectivity index (χ0n) is 10.0. The number of anilines is 2. The molecule has 0 bridgehead atoms. The van der Waals surface area contributed by atoms with Gasteiger partial charge in [0.05, 0.1) is 0 Å². The highest BCUT2D eigenvalue weighted by Gasteiger charge is 2.05. The Morgan fingerprint density at radius 2 is 1.63 bits per heavy atom. The van der Waals surface area contributed by atoms with Crippen molar-refractivity contribution in [1.29, 1.82) is 0 Å². The van der Waals surface area contributed by atoms with Crippen LogP contribution in [-0.4, -0.2) is 0 Å². The summed E-state index contributed by atoms with van der Waals surface area (Å²) in [5, 5.41) is 5.38. The summed E-state index contributed by atoms with van der Waals surface area (Å²) in [5.74, 6) is -0.216. The van der Waals surface area contributed by atoms with E-state index in [1.54, 1.807) is 12.1 Å². The molecule has 0 radical (unpaired) electrons. The standard InChI is InChI=1S/C16H11ClFN/c17-11-4-3-5-12(10-11)19-16-9-8-15(18)13-6-1-2-7-14(13)16/h1-10,19H. The third-order valence-electron chi connectivity index (χ3n) is 2.97. The van der Waals surface area contributed by atoms with E-state index in [1.807, 2.05) is 42.5 Å². The van der Waals surface area contributed by atoms with Gasteiger partial charge < -0.3 is 5.32 Å². The maximum atomic E-state index is 13.7. The van der Waals surface area contributed by atoms with Crippen molar-refractivity contribution in [3.63, 3.8) is 0 Å². The van der Waals surface area contributed by atoms with Gasteiger partial charge in [-0.25, -0.2) is 4.39 Å². The molecule has 3 rings (SSSR count). The third-order valence-corrected chi connectivity index (χ3v) is 3.21. The molecular formula is C16H11ClFN. The Bertz CT molecular complexity index is 740. The molecule has 0 aliphatic carbocycles. The fourth-order valence-electron chi connectivity index (χ4n) is 2.09. The Kier molecular flexibility index (Phi) is 3.10. The van der Waals surface area contributed by atoms with Crippen LogP contribution < -0.4 is 5.32 Å². The maximum Gasteiger partial charge on any atom is 0.131 e. The first kappa shape index (κ1) is 12.0. The van der Waals surface area contributed by atoms with Gasteiger partial charge in [0.25, 0.3) is 0 Å². The summed E-state index contributed by atoms with van der Waals surface area (Å²) in [6.45, 7) is 0. The van der Waals surface area contributed by atoms with E-state index in [-0.39, 0.29) is 5.82 Å². The Morgan fingerprint density at radius 1 is 0.842 bits per heavy atom. The van der Waals surface area contributed by atoms with Crippen LogP contribution in [0.15, 0.2) is 60.7 Å². The van der Waals surface area contributed by atoms with Crippen LogP contribution in [-0.2, 0) is 0 Å². The summed E-state index contributed by atoms with van der Waals surface area (Å²) >= 11 is 5.95. The number of rotatable bonds is 2. The number of hydrogen-bond donors (Lipinski definition) is 1. The SMILES string of the molecule is Fc1ccc(Nc2cccc(Cl)c2)c2ccccc12. The van der Waals surface area contributed by atoms with Crippen molar-refractivity contribution in [2.45, 2.75) is 0 Å². The average molecular weight is 272 g/mol. The quantitative estimate of drug-likeness (QED) is 0.660. The Morgan fingerprint density at radius 3 is 2.42 bits per heavy atom. The molecule has 1 nitrogen and oxygen atoms in total. The van der Waals surface area contributed by atoms with Gasteiger partial charge in [0.15, 0.2) is 0 Å². The topological polar surface area (TPSA) is 12.0 Å². The van der Waals surface area contributed by atoms with Crippen molar-refractivity contribution in [2.75, 3.05) is 5.32 Å². The van der Waals surface area contributed by atoms with Crippen LogP contribution >= 0.6 is 11.6 Å². The molecule has 0 saturated heterocycles. The molecule has 19 heavy (non-hydrogen) atoms.